The molecule has 0 saturated carbocycles. The minimum atomic E-state index is -0.916. The molecule has 0 amide bonds. The molecule has 0 radical (unpaired) electrons. The molecule has 0 saturated heterocycles. The van der Waals surface area contributed by atoms with E-state index in [9.17, 15) is 4.79 Å². The van der Waals surface area contributed by atoms with Gasteiger partial charge in [-0.05, 0) is 35.2 Å². The second kappa shape index (κ2) is 8.21. The number of carboxylic acids is 1. The highest BCUT2D eigenvalue weighted by Gasteiger charge is 2.02. The quantitative estimate of drug-likeness (QED) is 0.642. The maximum Gasteiger partial charge on any atom is 0.335 e. The van der Waals surface area contributed by atoms with E-state index in [1.165, 1.54) is 0 Å². The molecule has 4 heteroatoms. The average molecular weight is 344 g/mol. The molecule has 1 N–H and O–H groups in total. The van der Waals surface area contributed by atoms with Crippen molar-refractivity contribution in [3.8, 4) is 11.4 Å². The molecule has 26 heavy (non-hydrogen) atoms. The van der Waals surface area contributed by atoms with E-state index in [2.05, 4.69) is 16.9 Å². The van der Waals surface area contributed by atoms with Crippen molar-refractivity contribution in [2.24, 2.45) is 0 Å². The van der Waals surface area contributed by atoms with E-state index in [1.54, 1.807) is 24.3 Å². The van der Waals surface area contributed by atoms with E-state index in [1.807, 2.05) is 48.8 Å². The van der Waals surface area contributed by atoms with Crippen LogP contribution in [0.25, 0.3) is 23.5 Å². The molecule has 0 aliphatic rings. The van der Waals surface area contributed by atoms with Gasteiger partial charge in [0.25, 0.3) is 0 Å². The summed E-state index contributed by atoms with van der Waals surface area (Å²) in [6.45, 7) is 2.14. The molecule has 0 fully saturated rings. The van der Waals surface area contributed by atoms with Crippen molar-refractivity contribution in [2.75, 3.05) is 0 Å². The SMILES string of the molecule is CCCc1cnc(-c2ccc(/C=C/c3ccc(C(=O)O)cc3)cc2)nc1. The molecule has 3 aromatic rings. The molecule has 130 valence electrons. The third-order valence-corrected chi connectivity index (χ3v) is 4.04. The van der Waals surface area contributed by atoms with Crippen molar-refractivity contribution in [1.82, 2.24) is 9.97 Å². The zero-order valence-electron chi connectivity index (χ0n) is 14.6. The van der Waals surface area contributed by atoms with Crippen LogP contribution in [0.15, 0.2) is 60.9 Å². The van der Waals surface area contributed by atoms with Crippen molar-refractivity contribution in [1.29, 1.82) is 0 Å². The molecular weight excluding hydrogens is 324 g/mol. The maximum atomic E-state index is 10.9. The summed E-state index contributed by atoms with van der Waals surface area (Å²) in [6.07, 6.45) is 9.81. The van der Waals surface area contributed by atoms with Gasteiger partial charge in [-0.25, -0.2) is 14.8 Å². The van der Waals surface area contributed by atoms with Crippen LogP contribution in [-0.2, 0) is 6.42 Å². The highest BCUT2D eigenvalue weighted by atomic mass is 16.4. The second-order valence-corrected chi connectivity index (χ2v) is 6.05. The van der Waals surface area contributed by atoms with Crippen LogP contribution in [0.3, 0.4) is 0 Å². The number of carbonyl (C=O) groups is 1. The van der Waals surface area contributed by atoms with E-state index in [4.69, 9.17) is 5.11 Å². The molecule has 2 aromatic carbocycles. The van der Waals surface area contributed by atoms with E-state index in [0.29, 0.717) is 0 Å². The Labute approximate surface area is 152 Å². The number of nitrogens with zero attached hydrogens (tertiary/aromatic N) is 2. The Morgan fingerprint density at radius 2 is 1.46 bits per heavy atom. The number of hydrogen-bond acceptors (Lipinski definition) is 3. The number of hydrogen-bond donors (Lipinski definition) is 1. The van der Waals surface area contributed by atoms with Gasteiger partial charge < -0.3 is 5.11 Å². The van der Waals surface area contributed by atoms with E-state index in [0.717, 1.165) is 40.9 Å². The molecule has 0 atom stereocenters. The van der Waals surface area contributed by atoms with Crippen LogP contribution < -0.4 is 0 Å². The van der Waals surface area contributed by atoms with Crippen molar-refractivity contribution in [3.05, 3.63) is 83.2 Å². The fourth-order valence-corrected chi connectivity index (χ4v) is 2.59. The minimum absolute atomic E-state index is 0.288. The normalized spacial score (nSPS) is 11.0. The highest BCUT2D eigenvalue weighted by Crippen LogP contribution is 2.17. The van der Waals surface area contributed by atoms with Gasteiger partial charge in [-0.15, -0.1) is 0 Å². The zero-order chi connectivity index (χ0) is 18.4. The van der Waals surface area contributed by atoms with Crippen LogP contribution in [-0.4, -0.2) is 21.0 Å². The maximum absolute atomic E-state index is 10.9. The molecule has 1 aromatic heterocycles. The smallest absolute Gasteiger partial charge is 0.335 e. The summed E-state index contributed by atoms with van der Waals surface area (Å²) in [4.78, 5) is 19.7. The van der Waals surface area contributed by atoms with Crippen LogP contribution >= 0.6 is 0 Å². The molecular formula is C22H20N2O2. The van der Waals surface area contributed by atoms with Crippen LogP contribution in [0.1, 0.15) is 40.4 Å². The van der Waals surface area contributed by atoms with Crippen LogP contribution in [0.2, 0.25) is 0 Å². The first-order valence-electron chi connectivity index (χ1n) is 8.58. The Balaban J connectivity index is 1.69. The third-order valence-electron chi connectivity index (χ3n) is 4.04. The lowest BCUT2D eigenvalue weighted by molar-refractivity contribution is 0.0697. The van der Waals surface area contributed by atoms with E-state index >= 15 is 0 Å². The van der Waals surface area contributed by atoms with Gasteiger partial charge in [-0.2, -0.15) is 0 Å². The Morgan fingerprint density at radius 1 is 0.923 bits per heavy atom. The number of carboxylic acid groups (broad SMARTS) is 1. The number of benzene rings is 2. The summed E-state index contributed by atoms with van der Waals surface area (Å²) in [5.41, 5.74) is 4.43. The van der Waals surface area contributed by atoms with Gasteiger partial charge in [0, 0.05) is 18.0 Å². The largest absolute Gasteiger partial charge is 0.478 e. The summed E-state index contributed by atoms with van der Waals surface area (Å²) in [5, 5.41) is 8.92. The molecule has 0 unspecified atom stereocenters. The standard InChI is InChI=1S/C22H20N2O2/c1-2-3-18-14-23-21(24-15-18)19-10-6-16(7-11-19)4-5-17-8-12-20(13-9-17)22(25)26/h4-15H,2-3H2,1H3,(H,25,26)/b5-4+. The van der Waals surface area contributed by atoms with Crippen LogP contribution in [0, 0.1) is 0 Å². The third kappa shape index (κ3) is 4.42. The minimum Gasteiger partial charge on any atom is -0.478 e. The molecule has 3 rings (SSSR count). The number of aromatic nitrogens is 2. The Bertz CT molecular complexity index is 896. The topological polar surface area (TPSA) is 63.1 Å². The summed E-state index contributed by atoms with van der Waals surface area (Å²) < 4.78 is 0. The predicted octanol–water partition coefficient (Wildman–Crippen LogP) is 4.96. The predicted molar refractivity (Wildman–Crippen MR) is 104 cm³/mol. The lowest BCUT2D eigenvalue weighted by Crippen LogP contribution is -1.94. The van der Waals surface area contributed by atoms with Crippen molar-refractivity contribution in [3.63, 3.8) is 0 Å². The summed E-state index contributed by atoms with van der Waals surface area (Å²) >= 11 is 0. The van der Waals surface area contributed by atoms with Gasteiger partial charge in [0.05, 0.1) is 5.56 Å². The molecule has 0 aliphatic heterocycles. The molecule has 4 nitrogen and oxygen atoms in total. The first-order valence-corrected chi connectivity index (χ1v) is 8.58. The van der Waals surface area contributed by atoms with Gasteiger partial charge in [0.15, 0.2) is 5.82 Å². The molecule has 0 bridgehead atoms. The lowest BCUT2D eigenvalue weighted by Gasteiger charge is -2.03. The highest BCUT2D eigenvalue weighted by molar-refractivity contribution is 5.88. The molecule has 0 spiro atoms. The number of rotatable bonds is 6. The fraction of sp³-hybridized carbons (Fsp3) is 0.136. The summed E-state index contributed by atoms with van der Waals surface area (Å²) in [6, 6.07) is 14.8. The Kier molecular flexibility index (Phi) is 5.54. The van der Waals surface area contributed by atoms with Gasteiger partial charge in [0.2, 0.25) is 0 Å². The Morgan fingerprint density at radius 3 is 1.96 bits per heavy atom. The van der Waals surface area contributed by atoms with Crippen molar-refractivity contribution >= 4 is 18.1 Å². The van der Waals surface area contributed by atoms with Crippen molar-refractivity contribution < 1.29 is 9.90 Å². The van der Waals surface area contributed by atoms with Gasteiger partial charge >= 0.3 is 5.97 Å². The lowest BCUT2D eigenvalue weighted by atomic mass is 10.1. The van der Waals surface area contributed by atoms with Crippen LogP contribution in [0.4, 0.5) is 0 Å². The average Bonchev–Trinajstić information content (AvgIpc) is 2.68. The monoisotopic (exact) mass is 344 g/mol. The van der Waals surface area contributed by atoms with E-state index < -0.39 is 5.97 Å². The van der Waals surface area contributed by atoms with Gasteiger partial charge in [0.1, 0.15) is 0 Å². The zero-order valence-corrected chi connectivity index (χ0v) is 14.6. The van der Waals surface area contributed by atoms with Gasteiger partial charge in [-0.1, -0.05) is 61.9 Å². The second-order valence-electron chi connectivity index (χ2n) is 6.05. The summed E-state index contributed by atoms with van der Waals surface area (Å²) in [7, 11) is 0. The van der Waals surface area contributed by atoms with Gasteiger partial charge in [-0.3, -0.25) is 0 Å². The van der Waals surface area contributed by atoms with E-state index in [-0.39, 0.29) is 5.56 Å². The first-order chi connectivity index (χ1) is 12.7. The van der Waals surface area contributed by atoms with Crippen LogP contribution in [0.5, 0.6) is 0 Å². The van der Waals surface area contributed by atoms with Crippen molar-refractivity contribution in [2.45, 2.75) is 19.8 Å². The first kappa shape index (κ1) is 17.5. The number of aryl methyl sites for hydroxylation is 1. The molecule has 1 heterocycles. The molecule has 0 aliphatic carbocycles. The summed E-state index contributed by atoms with van der Waals surface area (Å²) in [5.74, 6) is -0.189. The Hall–Kier alpha value is -3.27. The number of aromatic carboxylic acids is 1. The fourth-order valence-electron chi connectivity index (χ4n) is 2.59.